The van der Waals surface area contributed by atoms with Crippen LogP contribution in [0.15, 0.2) is 0 Å². The average Bonchev–Trinajstić information content (AvgIpc) is 2.97. The molecule has 5 heteroatoms. The van der Waals surface area contributed by atoms with Crippen LogP contribution in [0.4, 0.5) is 0 Å². The van der Waals surface area contributed by atoms with Gasteiger partial charge in [0.15, 0.2) is 0 Å². The highest BCUT2D eigenvalue weighted by atomic mass is 16.5. The van der Waals surface area contributed by atoms with Gasteiger partial charge in [-0.1, -0.05) is 0 Å². The van der Waals surface area contributed by atoms with Gasteiger partial charge in [-0.15, -0.1) is 0 Å². The van der Waals surface area contributed by atoms with Gasteiger partial charge in [0, 0.05) is 32.2 Å². The molecule has 0 aromatic carbocycles. The van der Waals surface area contributed by atoms with Gasteiger partial charge in [-0.05, 0) is 45.7 Å². The lowest BCUT2D eigenvalue weighted by atomic mass is 10.0. The zero-order chi connectivity index (χ0) is 14.0. The van der Waals surface area contributed by atoms with Crippen LogP contribution in [0.25, 0.3) is 0 Å². The summed E-state index contributed by atoms with van der Waals surface area (Å²) in [6.45, 7) is 8.26. The smallest absolute Gasteiger partial charge is 0.248 e. The summed E-state index contributed by atoms with van der Waals surface area (Å²) in [6.07, 6.45) is 5.01. The second-order valence-electron chi connectivity index (χ2n) is 6.72. The van der Waals surface area contributed by atoms with Crippen molar-refractivity contribution in [2.75, 3.05) is 45.9 Å². The van der Waals surface area contributed by atoms with Gasteiger partial charge in [-0.3, -0.25) is 9.69 Å². The Labute approximate surface area is 121 Å². The van der Waals surface area contributed by atoms with Gasteiger partial charge >= 0.3 is 0 Å². The van der Waals surface area contributed by atoms with Gasteiger partial charge in [-0.25, -0.2) is 0 Å². The fraction of sp³-hybridized carbons (Fsp3) is 0.933. The Bertz CT molecular complexity index is 351. The van der Waals surface area contributed by atoms with Gasteiger partial charge < -0.3 is 15.0 Å². The number of nitrogens with zero attached hydrogens (tertiary/aromatic N) is 2. The summed E-state index contributed by atoms with van der Waals surface area (Å²) in [6, 6.07) is 0.580. The van der Waals surface area contributed by atoms with E-state index in [2.05, 4.69) is 17.1 Å². The van der Waals surface area contributed by atoms with E-state index < -0.39 is 0 Å². The van der Waals surface area contributed by atoms with Crippen LogP contribution in [0.1, 0.15) is 32.6 Å². The first kappa shape index (κ1) is 14.3. The monoisotopic (exact) mass is 281 g/mol. The van der Waals surface area contributed by atoms with Gasteiger partial charge in [0.05, 0.1) is 5.60 Å². The predicted octanol–water partition coefficient (Wildman–Crippen LogP) is 0.452. The number of hydrogen-bond acceptors (Lipinski definition) is 4. The summed E-state index contributed by atoms with van der Waals surface area (Å²) in [5.41, 5.74) is -0.125. The van der Waals surface area contributed by atoms with Crippen LogP contribution in [0.5, 0.6) is 0 Å². The second kappa shape index (κ2) is 6.00. The Morgan fingerprint density at radius 1 is 1.25 bits per heavy atom. The van der Waals surface area contributed by atoms with Crippen LogP contribution in [0.3, 0.4) is 0 Å². The Morgan fingerprint density at radius 2 is 2.00 bits per heavy atom. The van der Waals surface area contributed by atoms with Crippen molar-refractivity contribution < 1.29 is 9.53 Å². The number of ether oxygens (including phenoxy) is 1. The van der Waals surface area contributed by atoms with Crippen LogP contribution < -0.4 is 5.32 Å². The molecule has 0 radical (unpaired) electrons. The third kappa shape index (κ3) is 3.15. The zero-order valence-electron chi connectivity index (χ0n) is 12.6. The molecule has 5 nitrogen and oxygen atoms in total. The van der Waals surface area contributed by atoms with E-state index in [9.17, 15) is 4.79 Å². The van der Waals surface area contributed by atoms with Crippen molar-refractivity contribution in [3.63, 3.8) is 0 Å². The van der Waals surface area contributed by atoms with Gasteiger partial charge in [0.25, 0.3) is 0 Å². The first-order valence-corrected chi connectivity index (χ1v) is 8.03. The number of amides is 1. The average molecular weight is 281 g/mol. The molecule has 1 unspecified atom stereocenters. The topological polar surface area (TPSA) is 44.8 Å². The normalized spacial score (nSPS) is 30.2. The molecular weight excluding hydrogens is 254 g/mol. The molecule has 0 aliphatic carbocycles. The van der Waals surface area contributed by atoms with E-state index in [1.54, 1.807) is 0 Å². The fourth-order valence-corrected chi connectivity index (χ4v) is 3.49. The number of hydrogen-bond donors (Lipinski definition) is 1. The summed E-state index contributed by atoms with van der Waals surface area (Å²) in [5.74, 6) is 0.169. The molecule has 3 aliphatic rings. The quantitative estimate of drug-likeness (QED) is 0.813. The maximum atomic E-state index is 12.3. The molecule has 3 fully saturated rings. The van der Waals surface area contributed by atoms with Crippen LogP contribution >= 0.6 is 0 Å². The zero-order valence-corrected chi connectivity index (χ0v) is 12.6. The Kier molecular flexibility index (Phi) is 4.29. The van der Waals surface area contributed by atoms with Crippen molar-refractivity contribution >= 4 is 5.91 Å². The van der Waals surface area contributed by atoms with Crippen molar-refractivity contribution in [2.24, 2.45) is 0 Å². The van der Waals surface area contributed by atoms with E-state index in [0.29, 0.717) is 6.04 Å². The molecule has 3 aliphatic heterocycles. The largest absolute Gasteiger partial charge is 0.363 e. The minimum atomic E-state index is -0.125. The lowest BCUT2D eigenvalue weighted by molar-refractivity contribution is -0.147. The Morgan fingerprint density at radius 3 is 2.65 bits per heavy atom. The highest BCUT2D eigenvalue weighted by Crippen LogP contribution is 2.21. The molecule has 1 atom stereocenters. The van der Waals surface area contributed by atoms with Crippen molar-refractivity contribution in [1.29, 1.82) is 0 Å². The first-order valence-electron chi connectivity index (χ1n) is 8.03. The molecule has 20 heavy (non-hydrogen) atoms. The van der Waals surface area contributed by atoms with Crippen molar-refractivity contribution in [2.45, 2.75) is 44.2 Å². The van der Waals surface area contributed by atoms with E-state index in [1.807, 2.05) is 4.90 Å². The highest BCUT2D eigenvalue weighted by Gasteiger charge is 2.34. The fourth-order valence-electron chi connectivity index (χ4n) is 3.49. The molecule has 1 N–H and O–H groups in total. The Hall–Kier alpha value is -0.650. The number of likely N-dealkylation sites (tertiary alicyclic amines) is 2. The van der Waals surface area contributed by atoms with Crippen LogP contribution in [0.2, 0.25) is 0 Å². The third-order valence-corrected chi connectivity index (χ3v) is 4.95. The predicted molar refractivity (Wildman–Crippen MR) is 77.6 cm³/mol. The van der Waals surface area contributed by atoms with Crippen LogP contribution in [0, 0.1) is 0 Å². The van der Waals surface area contributed by atoms with E-state index in [4.69, 9.17) is 4.74 Å². The van der Waals surface area contributed by atoms with Crippen LogP contribution in [-0.4, -0.2) is 73.2 Å². The van der Waals surface area contributed by atoms with E-state index in [-0.39, 0.29) is 18.1 Å². The number of carbonyl (C=O) groups is 1. The standard InChI is InChI=1S/C15H27N3O2/c1-15(11-16-12-15)20-10-14(19)18-8-4-5-13(9-18)17-6-2-3-7-17/h13,16H,2-12H2,1H3. The maximum absolute atomic E-state index is 12.3. The number of piperidine rings is 1. The molecule has 1 amide bonds. The molecule has 0 aromatic rings. The summed E-state index contributed by atoms with van der Waals surface area (Å²) in [4.78, 5) is 16.9. The molecule has 0 bridgehead atoms. The summed E-state index contributed by atoms with van der Waals surface area (Å²) in [5, 5.41) is 3.19. The van der Waals surface area contributed by atoms with Crippen molar-refractivity contribution in [3.8, 4) is 0 Å². The van der Waals surface area contributed by atoms with Gasteiger partial charge in [0.1, 0.15) is 6.61 Å². The number of rotatable bonds is 4. The maximum Gasteiger partial charge on any atom is 0.248 e. The summed E-state index contributed by atoms with van der Waals surface area (Å²) >= 11 is 0. The molecule has 3 saturated heterocycles. The summed E-state index contributed by atoms with van der Waals surface area (Å²) < 4.78 is 5.77. The number of nitrogens with one attached hydrogen (secondary N) is 1. The molecular formula is C15H27N3O2. The minimum Gasteiger partial charge on any atom is -0.363 e. The van der Waals surface area contributed by atoms with Crippen LogP contribution in [-0.2, 0) is 9.53 Å². The first-order chi connectivity index (χ1) is 9.66. The van der Waals surface area contributed by atoms with Gasteiger partial charge in [-0.2, -0.15) is 0 Å². The molecule has 3 heterocycles. The lowest BCUT2D eigenvalue weighted by Gasteiger charge is -2.40. The van der Waals surface area contributed by atoms with E-state index in [1.165, 1.54) is 32.4 Å². The molecule has 114 valence electrons. The summed E-state index contributed by atoms with van der Waals surface area (Å²) in [7, 11) is 0. The van der Waals surface area contributed by atoms with E-state index >= 15 is 0 Å². The molecule has 0 spiro atoms. The molecule has 0 aromatic heterocycles. The van der Waals surface area contributed by atoms with Crippen molar-refractivity contribution in [1.82, 2.24) is 15.1 Å². The Balaban J connectivity index is 1.47. The molecule has 0 saturated carbocycles. The minimum absolute atomic E-state index is 0.125. The second-order valence-corrected chi connectivity index (χ2v) is 6.72. The lowest BCUT2D eigenvalue weighted by Crippen LogP contribution is -2.60. The third-order valence-electron chi connectivity index (χ3n) is 4.95. The molecule has 3 rings (SSSR count). The number of carbonyl (C=O) groups excluding carboxylic acids is 1. The van der Waals surface area contributed by atoms with E-state index in [0.717, 1.165) is 32.6 Å². The SMILES string of the molecule is CC1(OCC(=O)N2CCCC(N3CCCC3)C2)CNC1. The van der Waals surface area contributed by atoms with Crippen molar-refractivity contribution in [3.05, 3.63) is 0 Å². The van der Waals surface area contributed by atoms with Gasteiger partial charge in [0.2, 0.25) is 5.91 Å². The highest BCUT2D eigenvalue weighted by molar-refractivity contribution is 5.77.